The molecule has 1 N–H and O–H groups in total. The minimum absolute atomic E-state index is 0.0393. The molecule has 25 heavy (non-hydrogen) atoms. The lowest BCUT2D eigenvalue weighted by molar-refractivity contribution is 0.102. The van der Waals surface area contributed by atoms with Crippen molar-refractivity contribution in [1.82, 2.24) is 4.98 Å². The van der Waals surface area contributed by atoms with E-state index in [1.54, 1.807) is 6.07 Å². The molecule has 1 atom stereocenters. The fourth-order valence-corrected chi connectivity index (χ4v) is 2.92. The molecule has 1 aromatic heterocycles. The predicted octanol–water partition coefficient (Wildman–Crippen LogP) is 4.28. The lowest BCUT2D eigenvalue weighted by Crippen LogP contribution is -2.18. The van der Waals surface area contributed by atoms with Crippen molar-refractivity contribution in [2.24, 2.45) is 0 Å². The van der Waals surface area contributed by atoms with Crippen LogP contribution >= 0.6 is 11.6 Å². The number of aromatic nitrogens is 1. The molecule has 0 spiro atoms. The fraction of sp³-hybridized carbons (Fsp3) is 0.368. The summed E-state index contributed by atoms with van der Waals surface area (Å²) in [6.45, 7) is 5.38. The number of hydrogen-bond donors (Lipinski definition) is 1. The smallest absolute Gasteiger partial charge is 0.257 e. The first-order chi connectivity index (χ1) is 12.0. The van der Waals surface area contributed by atoms with Gasteiger partial charge in [0.1, 0.15) is 11.1 Å². The van der Waals surface area contributed by atoms with Crippen molar-refractivity contribution in [3.8, 4) is 5.88 Å². The summed E-state index contributed by atoms with van der Waals surface area (Å²) in [5, 5.41) is 3.25. The zero-order valence-corrected chi connectivity index (χ0v) is 15.0. The Kier molecular flexibility index (Phi) is 5.56. The fourth-order valence-electron chi connectivity index (χ4n) is 2.71. The molecule has 0 radical (unpaired) electrons. The molecule has 1 saturated heterocycles. The van der Waals surface area contributed by atoms with E-state index in [9.17, 15) is 4.79 Å². The molecular formula is C19H21ClN2O3. The summed E-state index contributed by atoms with van der Waals surface area (Å²) in [7, 11) is 0. The lowest BCUT2D eigenvalue weighted by Gasteiger charge is -2.15. The molecular weight excluding hydrogens is 340 g/mol. The van der Waals surface area contributed by atoms with Crippen LogP contribution in [0.15, 0.2) is 36.5 Å². The van der Waals surface area contributed by atoms with Crippen LogP contribution in [-0.4, -0.2) is 30.2 Å². The molecule has 0 aliphatic carbocycles. The van der Waals surface area contributed by atoms with Crippen LogP contribution in [0.2, 0.25) is 5.02 Å². The Morgan fingerprint density at radius 2 is 2.20 bits per heavy atom. The lowest BCUT2D eigenvalue weighted by atomic mass is 10.0. The number of anilines is 1. The molecule has 1 amide bonds. The van der Waals surface area contributed by atoms with Crippen LogP contribution in [0.4, 0.5) is 5.69 Å². The quantitative estimate of drug-likeness (QED) is 0.864. The van der Waals surface area contributed by atoms with E-state index in [0.717, 1.165) is 17.7 Å². The number of rotatable bonds is 5. The third kappa shape index (κ3) is 4.30. The molecule has 1 unspecified atom stereocenters. The number of nitrogens with zero attached hydrogens (tertiary/aromatic N) is 1. The van der Waals surface area contributed by atoms with Crippen molar-refractivity contribution < 1.29 is 14.3 Å². The second kappa shape index (κ2) is 7.85. The summed E-state index contributed by atoms with van der Waals surface area (Å²) in [5.74, 6) is 0.386. The molecule has 132 valence electrons. The number of carbonyl (C=O) groups excluding carboxylic acids is 1. The van der Waals surface area contributed by atoms with Gasteiger partial charge >= 0.3 is 0 Å². The van der Waals surface area contributed by atoms with Gasteiger partial charge in [0, 0.05) is 18.3 Å². The second-order valence-corrected chi connectivity index (χ2v) is 6.72. The molecule has 5 nitrogen and oxygen atoms in total. The van der Waals surface area contributed by atoms with Gasteiger partial charge in [-0.25, -0.2) is 4.98 Å². The third-order valence-electron chi connectivity index (χ3n) is 4.07. The van der Waals surface area contributed by atoms with Gasteiger partial charge in [0.15, 0.2) is 0 Å². The SMILES string of the molecule is CC(C)c1ccccc1NC(=O)c1cnc(OC2CCOC2)c(Cl)c1. The highest BCUT2D eigenvalue weighted by Gasteiger charge is 2.20. The second-order valence-electron chi connectivity index (χ2n) is 6.31. The monoisotopic (exact) mass is 360 g/mol. The van der Waals surface area contributed by atoms with E-state index in [0.29, 0.717) is 35.6 Å². The summed E-state index contributed by atoms with van der Waals surface area (Å²) in [4.78, 5) is 16.7. The molecule has 1 aliphatic rings. The predicted molar refractivity (Wildman–Crippen MR) is 97.6 cm³/mol. The molecule has 3 rings (SSSR count). The summed E-state index contributed by atoms with van der Waals surface area (Å²) in [6.07, 6.45) is 2.25. The van der Waals surface area contributed by atoms with E-state index in [1.807, 2.05) is 24.3 Å². The van der Waals surface area contributed by atoms with Crippen LogP contribution in [0.5, 0.6) is 5.88 Å². The Balaban J connectivity index is 1.73. The van der Waals surface area contributed by atoms with E-state index in [4.69, 9.17) is 21.1 Å². The number of amides is 1. The third-order valence-corrected chi connectivity index (χ3v) is 4.34. The first kappa shape index (κ1) is 17.7. The Bertz CT molecular complexity index is 758. The number of para-hydroxylation sites is 1. The Hall–Kier alpha value is -2.11. The van der Waals surface area contributed by atoms with Crippen molar-refractivity contribution in [2.75, 3.05) is 18.5 Å². The molecule has 1 aliphatic heterocycles. The maximum absolute atomic E-state index is 12.5. The van der Waals surface area contributed by atoms with E-state index < -0.39 is 0 Å². The standard InChI is InChI=1S/C19H21ClN2O3/c1-12(2)15-5-3-4-6-17(15)22-18(23)13-9-16(20)19(21-10-13)25-14-7-8-24-11-14/h3-6,9-10,12,14H,7-8,11H2,1-2H3,(H,22,23). The highest BCUT2D eigenvalue weighted by Crippen LogP contribution is 2.27. The van der Waals surface area contributed by atoms with E-state index >= 15 is 0 Å². The molecule has 6 heteroatoms. The van der Waals surface area contributed by atoms with Crippen LogP contribution in [0.1, 0.15) is 42.1 Å². The van der Waals surface area contributed by atoms with Crippen molar-refractivity contribution in [3.63, 3.8) is 0 Å². The summed E-state index contributed by atoms with van der Waals surface area (Å²) in [5.41, 5.74) is 2.26. The zero-order valence-electron chi connectivity index (χ0n) is 14.3. The summed E-state index contributed by atoms with van der Waals surface area (Å²) < 4.78 is 11.0. The topological polar surface area (TPSA) is 60.5 Å². The minimum atomic E-state index is -0.252. The van der Waals surface area contributed by atoms with E-state index in [2.05, 4.69) is 24.1 Å². The first-order valence-corrected chi connectivity index (χ1v) is 8.72. The average Bonchev–Trinajstić information content (AvgIpc) is 3.10. The normalized spacial score (nSPS) is 16.9. The Morgan fingerprint density at radius 3 is 2.88 bits per heavy atom. The van der Waals surface area contributed by atoms with Crippen LogP contribution in [0, 0.1) is 0 Å². The van der Waals surface area contributed by atoms with Gasteiger partial charge in [-0.15, -0.1) is 0 Å². The number of nitrogens with one attached hydrogen (secondary N) is 1. The van der Waals surface area contributed by atoms with E-state index in [1.165, 1.54) is 6.20 Å². The van der Waals surface area contributed by atoms with Gasteiger partial charge in [-0.3, -0.25) is 4.79 Å². The summed E-state index contributed by atoms with van der Waals surface area (Å²) in [6, 6.07) is 9.33. The van der Waals surface area contributed by atoms with Crippen LogP contribution in [0.3, 0.4) is 0 Å². The van der Waals surface area contributed by atoms with Crippen molar-refractivity contribution in [3.05, 3.63) is 52.7 Å². The summed E-state index contributed by atoms with van der Waals surface area (Å²) >= 11 is 6.23. The number of ether oxygens (including phenoxy) is 2. The van der Waals surface area contributed by atoms with Gasteiger partial charge in [-0.05, 0) is 23.6 Å². The minimum Gasteiger partial charge on any atom is -0.471 e. The van der Waals surface area contributed by atoms with Gasteiger partial charge in [-0.1, -0.05) is 43.6 Å². The Morgan fingerprint density at radius 1 is 1.40 bits per heavy atom. The van der Waals surface area contributed by atoms with Gasteiger partial charge in [0.25, 0.3) is 5.91 Å². The molecule has 0 bridgehead atoms. The largest absolute Gasteiger partial charge is 0.471 e. The molecule has 1 fully saturated rings. The van der Waals surface area contributed by atoms with Gasteiger partial charge in [0.05, 0.1) is 18.8 Å². The highest BCUT2D eigenvalue weighted by atomic mass is 35.5. The number of halogens is 1. The van der Waals surface area contributed by atoms with Gasteiger partial charge < -0.3 is 14.8 Å². The number of benzene rings is 1. The number of pyridine rings is 1. The average molecular weight is 361 g/mol. The van der Waals surface area contributed by atoms with Crippen LogP contribution in [0.25, 0.3) is 0 Å². The molecule has 2 aromatic rings. The molecule has 0 saturated carbocycles. The van der Waals surface area contributed by atoms with Crippen LogP contribution < -0.4 is 10.1 Å². The van der Waals surface area contributed by atoms with Crippen LogP contribution in [-0.2, 0) is 4.74 Å². The maximum atomic E-state index is 12.5. The number of carbonyl (C=O) groups is 1. The molecule has 1 aromatic carbocycles. The zero-order chi connectivity index (χ0) is 17.8. The maximum Gasteiger partial charge on any atom is 0.257 e. The Labute approximate surface area is 152 Å². The van der Waals surface area contributed by atoms with Gasteiger partial charge in [-0.2, -0.15) is 0 Å². The molecule has 2 heterocycles. The number of hydrogen-bond acceptors (Lipinski definition) is 4. The van der Waals surface area contributed by atoms with Crippen molar-refractivity contribution in [2.45, 2.75) is 32.3 Å². The van der Waals surface area contributed by atoms with E-state index in [-0.39, 0.29) is 12.0 Å². The first-order valence-electron chi connectivity index (χ1n) is 8.35. The van der Waals surface area contributed by atoms with Gasteiger partial charge in [0.2, 0.25) is 5.88 Å². The van der Waals surface area contributed by atoms with Crippen molar-refractivity contribution >= 4 is 23.2 Å². The van der Waals surface area contributed by atoms with Crippen molar-refractivity contribution in [1.29, 1.82) is 0 Å². The highest BCUT2D eigenvalue weighted by molar-refractivity contribution is 6.32.